The molecule has 1 rings (SSSR count). The van der Waals surface area contributed by atoms with Crippen molar-refractivity contribution in [2.45, 2.75) is 39.2 Å². The Hall–Kier alpha value is -1.21. The van der Waals surface area contributed by atoms with Gasteiger partial charge >= 0.3 is 0 Å². The Morgan fingerprint density at radius 2 is 2.14 bits per heavy atom. The second kappa shape index (κ2) is 8.94. The van der Waals surface area contributed by atoms with E-state index in [-0.39, 0.29) is 23.4 Å². The van der Waals surface area contributed by atoms with Crippen LogP contribution in [0.15, 0.2) is 0 Å². The summed E-state index contributed by atoms with van der Waals surface area (Å²) in [6.45, 7) is 5.59. The molecule has 2 unspecified atom stereocenters. The highest BCUT2D eigenvalue weighted by atomic mass is 32.1. The first-order valence-corrected chi connectivity index (χ1v) is 7.88. The molecular weight excluding hydrogens is 290 g/mol. The second-order valence-electron chi connectivity index (χ2n) is 5.16. The second-order valence-corrected chi connectivity index (χ2v) is 5.63. The van der Waals surface area contributed by atoms with Crippen molar-refractivity contribution in [3.05, 3.63) is 0 Å². The molecule has 0 aromatic heterocycles. The molecule has 0 saturated carbocycles. The van der Waals surface area contributed by atoms with E-state index in [4.69, 9.17) is 22.7 Å². The molecule has 1 saturated heterocycles. The molecule has 1 fully saturated rings. The molecule has 2 atom stereocenters. The smallest absolute Gasteiger partial charge is 0.245 e. The van der Waals surface area contributed by atoms with Crippen LogP contribution in [0.2, 0.25) is 0 Å². The number of nitrogens with zero attached hydrogens (tertiary/aromatic N) is 1. The lowest BCUT2D eigenvalue weighted by atomic mass is 10.0. The number of hydrogen-bond acceptors (Lipinski definition) is 4. The SMILES string of the molecule is CCCNC(=O)C1COCCN1C(=O)C(CCC)C(N)=S. The fraction of sp³-hybridized carbons (Fsp3) is 0.786. The van der Waals surface area contributed by atoms with Crippen molar-refractivity contribution in [1.29, 1.82) is 0 Å². The molecule has 7 heteroatoms. The van der Waals surface area contributed by atoms with E-state index in [1.54, 1.807) is 4.90 Å². The van der Waals surface area contributed by atoms with E-state index >= 15 is 0 Å². The van der Waals surface area contributed by atoms with Crippen LogP contribution in [-0.2, 0) is 14.3 Å². The third-order valence-electron chi connectivity index (χ3n) is 3.48. The maximum absolute atomic E-state index is 12.6. The quantitative estimate of drug-likeness (QED) is 0.666. The van der Waals surface area contributed by atoms with E-state index in [2.05, 4.69) is 5.32 Å². The van der Waals surface area contributed by atoms with Crippen LogP contribution in [0.3, 0.4) is 0 Å². The third kappa shape index (κ3) is 4.93. The number of amides is 2. The Balaban J connectivity index is 2.81. The van der Waals surface area contributed by atoms with E-state index in [0.29, 0.717) is 26.1 Å². The summed E-state index contributed by atoms with van der Waals surface area (Å²) in [6.07, 6.45) is 2.26. The monoisotopic (exact) mass is 315 g/mol. The van der Waals surface area contributed by atoms with Crippen LogP contribution in [0, 0.1) is 5.92 Å². The van der Waals surface area contributed by atoms with Gasteiger partial charge in [0.2, 0.25) is 11.8 Å². The molecule has 0 spiro atoms. The number of morpholine rings is 1. The van der Waals surface area contributed by atoms with Gasteiger partial charge in [-0.15, -0.1) is 0 Å². The lowest BCUT2D eigenvalue weighted by molar-refractivity contribution is -0.150. The summed E-state index contributed by atoms with van der Waals surface area (Å²) in [7, 11) is 0. The number of carbonyl (C=O) groups excluding carboxylic acids is 2. The van der Waals surface area contributed by atoms with Crippen molar-refractivity contribution in [2.75, 3.05) is 26.3 Å². The molecule has 0 aromatic rings. The lowest BCUT2D eigenvalue weighted by Crippen LogP contribution is -2.58. The molecule has 6 nitrogen and oxygen atoms in total. The van der Waals surface area contributed by atoms with Gasteiger partial charge in [0.15, 0.2) is 0 Å². The van der Waals surface area contributed by atoms with Gasteiger partial charge in [0.1, 0.15) is 6.04 Å². The minimum absolute atomic E-state index is 0.163. The first kappa shape index (κ1) is 17.8. The van der Waals surface area contributed by atoms with Crippen LogP contribution in [0.5, 0.6) is 0 Å². The van der Waals surface area contributed by atoms with Gasteiger partial charge in [0, 0.05) is 13.1 Å². The zero-order chi connectivity index (χ0) is 15.8. The van der Waals surface area contributed by atoms with Gasteiger partial charge < -0.3 is 20.7 Å². The van der Waals surface area contributed by atoms with E-state index in [1.807, 2.05) is 13.8 Å². The molecule has 120 valence electrons. The number of hydrogen-bond donors (Lipinski definition) is 2. The molecule has 1 heterocycles. The number of rotatable bonds is 7. The molecule has 0 bridgehead atoms. The topological polar surface area (TPSA) is 84.7 Å². The highest BCUT2D eigenvalue weighted by Gasteiger charge is 2.36. The zero-order valence-corrected chi connectivity index (χ0v) is 13.6. The van der Waals surface area contributed by atoms with Crippen LogP contribution >= 0.6 is 12.2 Å². The van der Waals surface area contributed by atoms with Crippen molar-refractivity contribution in [2.24, 2.45) is 11.7 Å². The van der Waals surface area contributed by atoms with E-state index in [0.717, 1.165) is 12.8 Å². The van der Waals surface area contributed by atoms with Gasteiger partial charge in [-0.3, -0.25) is 9.59 Å². The normalized spacial score (nSPS) is 19.9. The van der Waals surface area contributed by atoms with E-state index in [9.17, 15) is 9.59 Å². The maximum Gasteiger partial charge on any atom is 0.245 e. The van der Waals surface area contributed by atoms with E-state index in [1.165, 1.54) is 0 Å². The number of nitrogens with one attached hydrogen (secondary N) is 1. The first-order valence-electron chi connectivity index (χ1n) is 7.48. The highest BCUT2D eigenvalue weighted by molar-refractivity contribution is 7.80. The Labute approximate surface area is 131 Å². The van der Waals surface area contributed by atoms with Crippen LogP contribution < -0.4 is 11.1 Å². The molecule has 1 aliphatic rings. The van der Waals surface area contributed by atoms with E-state index < -0.39 is 12.0 Å². The summed E-state index contributed by atoms with van der Waals surface area (Å²) in [5.74, 6) is -0.836. The average Bonchev–Trinajstić information content (AvgIpc) is 2.49. The minimum atomic E-state index is -0.591. The summed E-state index contributed by atoms with van der Waals surface area (Å²) < 4.78 is 5.34. The molecule has 0 radical (unpaired) electrons. The Morgan fingerprint density at radius 3 is 2.71 bits per heavy atom. The van der Waals surface area contributed by atoms with Crippen LogP contribution in [0.1, 0.15) is 33.1 Å². The summed E-state index contributed by atoms with van der Waals surface area (Å²) in [5.41, 5.74) is 5.68. The summed E-state index contributed by atoms with van der Waals surface area (Å²) in [4.78, 5) is 26.6. The maximum atomic E-state index is 12.6. The minimum Gasteiger partial charge on any atom is -0.393 e. The van der Waals surface area contributed by atoms with Gasteiger partial charge in [0.25, 0.3) is 0 Å². The zero-order valence-electron chi connectivity index (χ0n) is 12.8. The third-order valence-corrected chi connectivity index (χ3v) is 3.77. The fourth-order valence-corrected chi connectivity index (χ4v) is 2.55. The predicted molar refractivity (Wildman–Crippen MR) is 84.8 cm³/mol. The summed E-state index contributed by atoms with van der Waals surface area (Å²) >= 11 is 5.00. The molecule has 1 aliphatic heterocycles. The summed E-state index contributed by atoms with van der Waals surface area (Å²) in [6, 6.07) is -0.591. The lowest BCUT2D eigenvalue weighted by Gasteiger charge is -2.36. The molecular formula is C14H25N3O3S. The highest BCUT2D eigenvalue weighted by Crippen LogP contribution is 2.16. The van der Waals surface area contributed by atoms with Crippen molar-refractivity contribution in [1.82, 2.24) is 10.2 Å². The van der Waals surface area contributed by atoms with Crippen LogP contribution in [-0.4, -0.2) is 54.0 Å². The van der Waals surface area contributed by atoms with Gasteiger partial charge in [-0.1, -0.05) is 32.5 Å². The van der Waals surface area contributed by atoms with Gasteiger partial charge in [-0.2, -0.15) is 0 Å². The van der Waals surface area contributed by atoms with Crippen molar-refractivity contribution in [3.8, 4) is 0 Å². The molecule has 0 aromatic carbocycles. The summed E-state index contributed by atoms with van der Waals surface area (Å²) in [5, 5.41) is 2.81. The first-order chi connectivity index (χ1) is 10.0. The molecule has 2 amide bonds. The van der Waals surface area contributed by atoms with Crippen molar-refractivity contribution in [3.63, 3.8) is 0 Å². The van der Waals surface area contributed by atoms with Gasteiger partial charge in [0.05, 0.1) is 24.1 Å². The van der Waals surface area contributed by atoms with Crippen LogP contribution in [0.25, 0.3) is 0 Å². The average molecular weight is 315 g/mol. The Bertz CT molecular complexity index is 390. The van der Waals surface area contributed by atoms with Gasteiger partial charge in [-0.25, -0.2) is 0 Å². The number of ether oxygens (including phenoxy) is 1. The largest absolute Gasteiger partial charge is 0.393 e. The molecule has 21 heavy (non-hydrogen) atoms. The van der Waals surface area contributed by atoms with Gasteiger partial charge in [-0.05, 0) is 12.8 Å². The Kier molecular flexibility index (Phi) is 7.60. The van der Waals surface area contributed by atoms with Crippen molar-refractivity contribution < 1.29 is 14.3 Å². The van der Waals surface area contributed by atoms with Crippen LogP contribution in [0.4, 0.5) is 0 Å². The Morgan fingerprint density at radius 1 is 1.43 bits per heavy atom. The molecule has 3 N–H and O–H groups in total. The number of nitrogens with two attached hydrogens (primary N) is 1. The standard InChI is InChI=1S/C14H25N3O3S/c1-3-5-10(12(15)21)14(19)17-7-8-20-9-11(17)13(18)16-6-4-2/h10-11H,3-9H2,1-2H3,(H2,15,21)(H,16,18). The molecule has 0 aliphatic carbocycles. The fourth-order valence-electron chi connectivity index (χ4n) is 2.33. The predicted octanol–water partition coefficient (Wildman–Crippen LogP) is 0.442. The number of thiocarbonyl (C=S) groups is 1. The number of carbonyl (C=O) groups is 2. The van der Waals surface area contributed by atoms with Crippen molar-refractivity contribution >= 4 is 29.0 Å².